The lowest BCUT2D eigenvalue weighted by Gasteiger charge is -2.10. The Morgan fingerprint density at radius 1 is 1.33 bits per heavy atom. The topological polar surface area (TPSA) is 64.7 Å². The average molecular weight is 310 g/mol. The van der Waals surface area contributed by atoms with E-state index in [0.717, 1.165) is 24.4 Å². The van der Waals surface area contributed by atoms with Gasteiger partial charge in [0.05, 0.1) is 17.6 Å². The molecule has 0 fully saturated rings. The molecule has 7 heteroatoms. The monoisotopic (exact) mass is 309 g/mol. The van der Waals surface area contributed by atoms with Gasteiger partial charge in [-0.2, -0.15) is 10.2 Å². The molecular formula is C14H20ClN5O. The van der Waals surface area contributed by atoms with Crippen LogP contribution in [0.15, 0.2) is 17.1 Å². The lowest BCUT2D eigenvalue weighted by atomic mass is 10.3. The van der Waals surface area contributed by atoms with Gasteiger partial charge in [0.1, 0.15) is 5.02 Å². The van der Waals surface area contributed by atoms with Gasteiger partial charge in [0.25, 0.3) is 5.56 Å². The maximum Gasteiger partial charge on any atom is 0.287 e. The van der Waals surface area contributed by atoms with Crippen LogP contribution < -0.4 is 10.9 Å². The zero-order valence-corrected chi connectivity index (χ0v) is 13.3. The fourth-order valence-electron chi connectivity index (χ4n) is 2.17. The highest BCUT2D eigenvalue weighted by molar-refractivity contribution is 6.32. The Labute approximate surface area is 128 Å². The van der Waals surface area contributed by atoms with E-state index >= 15 is 0 Å². The van der Waals surface area contributed by atoms with E-state index in [9.17, 15) is 4.79 Å². The Hall–Kier alpha value is -1.82. The summed E-state index contributed by atoms with van der Waals surface area (Å²) in [5.41, 5.74) is 2.50. The molecule has 2 aromatic heterocycles. The van der Waals surface area contributed by atoms with Gasteiger partial charge in [0, 0.05) is 25.3 Å². The number of hydrogen-bond acceptors (Lipinski definition) is 4. The molecule has 0 atom stereocenters. The number of hydrogen-bond donors (Lipinski definition) is 1. The third-order valence-corrected chi connectivity index (χ3v) is 3.62. The molecule has 0 aliphatic heterocycles. The molecule has 0 aliphatic carbocycles. The Morgan fingerprint density at radius 2 is 2.10 bits per heavy atom. The predicted octanol–water partition coefficient (Wildman–Crippen LogP) is 2.23. The van der Waals surface area contributed by atoms with E-state index in [1.165, 1.54) is 4.68 Å². The zero-order chi connectivity index (χ0) is 15.4. The minimum absolute atomic E-state index is 0.193. The number of aromatic nitrogens is 4. The molecule has 1 N–H and O–H groups in total. The molecule has 21 heavy (non-hydrogen) atoms. The van der Waals surface area contributed by atoms with E-state index in [1.54, 1.807) is 6.20 Å². The van der Waals surface area contributed by atoms with Crippen molar-refractivity contribution >= 4 is 17.3 Å². The number of nitrogens with zero attached hydrogens (tertiary/aromatic N) is 4. The molecule has 2 rings (SSSR count). The van der Waals surface area contributed by atoms with Crippen molar-refractivity contribution in [1.82, 2.24) is 19.6 Å². The fraction of sp³-hybridized carbons (Fsp3) is 0.500. The summed E-state index contributed by atoms with van der Waals surface area (Å²) in [7, 11) is 0. The Balaban J connectivity index is 1.91. The first-order valence-corrected chi connectivity index (χ1v) is 7.41. The first kappa shape index (κ1) is 15.6. The van der Waals surface area contributed by atoms with Crippen LogP contribution >= 0.6 is 11.6 Å². The first-order valence-electron chi connectivity index (χ1n) is 7.03. The minimum Gasteiger partial charge on any atom is -0.382 e. The summed E-state index contributed by atoms with van der Waals surface area (Å²) in [6.07, 6.45) is 2.48. The highest BCUT2D eigenvalue weighted by Gasteiger charge is 2.08. The second-order valence-electron chi connectivity index (χ2n) is 4.92. The maximum atomic E-state index is 11.8. The molecule has 0 unspecified atom stereocenters. The number of aryl methyl sites for hydroxylation is 4. The van der Waals surface area contributed by atoms with Crippen LogP contribution in [-0.4, -0.2) is 26.1 Å². The summed E-state index contributed by atoms with van der Waals surface area (Å²) < 4.78 is 3.31. The second kappa shape index (κ2) is 6.76. The van der Waals surface area contributed by atoms with Crippen molar-refractivity contribution in [1.29, 1.82) is 0 Å². The van der Waals surface area contributed by atoms with Gasteiger partial charge < -0.3 is 5.32 Å². The summed E-state index contributed by atoms with van der Waals surface area (Å²) in [4.78, 5) is 11.8. The molecule has 0 aromatic carbocycles. The Bertz CT molecular complexity index is 676. The Morgan fingerprint density at radius 3 is 2.71 bits per heavy atom. The van der Waals surface area contributed by atoms with Crippen LogP contribution in [0.3, 0.4) is 0 Å². The van der Waals surface area contributed by atoms with Crippen LogP contribution in [0.25, 0.3) is 0 Å². The number of rotatable bonds is 6. The average Bonchev–Trinajstić information content (AvgIpc) is 2.77. The number of halogens is 1. The van der Waals surface area contributed by atoms with Crippen LogP contribution in [0.1, 0.15) is 24.7 Å². The normalized spacial score (nSPS) is 10.9. The molecule has 2 aromatic rings. The van der Waals surface area contributed by atoms with Crippen LogP contribution in [0.5, 0.6) is 0 Å². The molecule has 0 aliphatic rings. The van der Waals surface area contributed by atoms with E-state index < -0.39 is 0 Å². The lowest BCUT2D eigenvalue weighted by molar-refractivity contribution is 0.573. The zero-order valence-electron chi connectivity index (χ0n) is 12.6. The van der Waals surface area contributed by atoms with Gasteiger partial charge in [-0.3, -0.25) is 9.48 Å². The molecule has 0 saturated carbocycles. The molecule has 0 amide bonds. The van der Waals surface area contributed by atoms with Gasteiger partial charge in [-0.25, -0.2) is 4.68 Å². The molecule has 6 nitrogen and oxygen atoms in total. The molecule has 2 heterocycles. The standard InChI is InChI=1S/C14H20ClN5O/c1-4-19-14(21)13(15)12(9-17-19)16-6-5-7-20-11(3)8-10(2)18-20/h8-9,16H,4-7H2,1-3H3. The third kappa shape index (κ3) is 3.64. The van der Waals surface area contributed by atoms with E-state index in [4.69, 9.17) is 11.6 Å². The largest absolute Gasteiger partial charge is 0.382 e. The van der Waals surface area contributed by atoms with Gasteiger partial charge in [-0.1, -0.05) is 11.6 Å². The summed E-state index contributed by atoms with van der Waals surface area (Å²) >= 11 is 6.05. The van der Waals surface area contributed by atoms with Crippen LogP contribution in [0, 0.1) is 13.8 Å². The SMILES string of the molecule is CCn1ncc(NCCCn2nc(C)cc2C)c(Cl)c1=O. The van der Waals surface area contributed by atoms with Crippen molar-refractivity contribution in [3.8, 4) is 0 Å². The summed E-state index contributed by atoms with van der Waals surface area (Å²) in [6.45, 7) is 7.91. The van der Waals surface area contributed by atoms with Gasteiger partial charge >= 0.3 is 0 Å². The molecule has 114 valence electrons. The van der Waals surface area contributed by atoms with Crippen molar-refractivity contribution in [2.75, 3.05) is 11.9 Å². The smallest absolute Gasteiger partial charge is 0.287 e. The second-order valence-corrected chi connectivity index (χ2v) is 5.30. The number of anilines is 1. The van der Waals surface area contributed by atoms with E-state index in [-0.39, 0.29) is 10.6 Å². The molecular weight excluding hydrogens is 290 g/mol. The minimum atomic E-state index is -0.261. The molecule has 0 spiro atoms. The summed E-state index contributed by atoms with van der Waals surface area (Å²) in [5, 5.41) is 11.8. The molecule has 0 saturated heterocycles. The van der Waals surface area contributed by atoms with Gasteiger partial charge in [-0.15, -0.1) is 0 Å². The predicted molar refractivity (Wildman–Crippen MR) is 84.0 cm³/mol. The molecule has 0 radical (unpaired) electrons. The highest BCUT2D eigenvalue weighted by Crippen LogP contribution is 2.15. The summed E-state index contributed by atoms with van der Waals surface area (Å²) in [6, 6.07) is 2.05. The van der Waals surface area contributed by atoms with Crippen molar-refractivity contribution < 1.29 is 0 Å². The van der Waals surface area contributed by atoms with Gasteiger partial charge in [-0.05, 0) is 33.3 Å². The number of nitrogens with one attached hydrogen (secondary N) is 1. The van der Waals surface area contributed by atoms with Crippen molar-refractivity contribution in [2.24, 2.45) is 0 Å². The van der Waals surface area contributed by atoms with Crippen molar-refractivity contribution in [3.05, 3.63) is 39.0 Å². The first-order chi connectivity index (χ1) is 10.0. The van der Waals surface area contributed by atoms with E-state index in [0.29, 0.717) is 18.8 Å². The van der Waals surface area contributed by atoms with Crippen molar-refractivity contribution in [2.45, 2.75) is 40.3 Å². The third-order valence-electron chi connectivity index (χ3n) is 3.25. The Kier molecular flexibility index (Phi) is 5.01. The van der Waals surface area contributed by atoms with Gasteiger partial charge in [0.15, 0.2) is 0 Å². The molecule has 0 bridgehead atoms. The van der Waals surface area contributed by atoms with Crippen LogP contribution in [0.4, 0.5) is 5.69 Å². The summed E-state index contributed by atoms with van der Waals surface area (Å²) in [5.74, 6) is 0. The van der Waals surface area contributed by atoms with E-state index in [1.807, 2.05) is 25.5 Å². The van der Waals surface area contributed by atoms with Crippen molar-refractivity contribution in [3.63, 3.8) is 0 Å². The highest BCUT2D eigenvalue weighted by atomic mass is 35.5. The fourth-order valence-corrected chi connectivity index (χ4v) is 2.38. The van der Waals surface area contributed by atoms with E-state index in [2.05, 4.69) is 21.6 Å². The van der Waals surface area contributed by atoms with Crippen LogP contribution in [-0.2, 0) is 13.1 Å². The van der Waals surface area contributed by atoms with Gasteiger partial charge in [0.2, 0.25) is 0 Å². The maximum absolute atomic E-state index is 11.8. The van der Waals surface area contributed by atoms with Crippen LogP contribution in [0.2, 0.25) is 5.02 Å². The lowest BCUT2D eigenvalue weighted by Crippen LogP contribution is -2.23. The quantitative estimate of drug-likeness (QED) is 0.831.